The van der Waals surface area contributed by atoms with Gasteiger partial charge in [0.15, 0.2) is 0 Å². The maximum absolute atomic E-state index is 11.6. The van der Waals surface area contributed by atoms with Crippen LogP contribution in [-0.4, -0.2) is 10.5 Å². The molecule has 0 aliphatic heterocycles. The third-order valence-corrected chi connectivity index (χ3v) is 3.58. The maximum Gasteiger partial charge on any atom is 0.250 e. The fraction of sp³-hybridized carbons (Fsp3) is 0.0625. The third kappa shape index (κ3) is 1.73. The van der Waals surface area contributed by atoms with Gasteiger partial charge < -0.3 is 16.0 Å². The Labute approximate surface area is 116 Å². The van der Waals surface area contributed by atoms with Crippen molar-refractivity contribution in [3.05, 3.63) is 59.8 Å². The summed E-state index contributed by atoms with van der Waals surface area (Å²) in [6, 6.07) is 13.2. The molecule has 0 bridgehead atoms. The highest BCUT2D eigenvalue weighted by Crippen LogP contribution is 2.27. The Kier molecular flexibility index (Phi) is 2.71. The highest BCUT2D eigenvalue weighted by molar-refractivity contribution is 6.05. The molecule has 4 heteroatoms. The Morgan fingerprint density at radius 2 is 1.85 bits per heavy atom. The summed E-state index contributed by atoms with van der Waals surface area (Å²) in [7, 11) is 0. The molecular formula is C16H15N3O. The molecule has 0 unspecified atom stereocenters. The summed E-state index contributed by atoms with van der Waals surface area (Å²) in [6.45, 7) is 1.96. The molecule has 4 N–H and O–H groups in total. The van der Waals surface area contributed by atoms with E-state index in [1.54, 1.807) is 6.07 Å². The molecule has 4 nitrogen and oxygen atoms in total. The predicted octanol–water partition coefficient (Wildman–Crippen LogP) is 2.62. The van der Waals surface area contributed by atoms with Gasteiger partial charge in [0.1, 0.15) is 0 Å². The number of carbonyl (C=O) groups is 1. The van der Waals surface area contributed by atoms with E-state index in [1.807, 2.05) is 54.1 Å². The first kappa shape index (κ1) is 12.3. The summed E-state index contributed by atoms with van der Waals surface area (Å²) in [5.74, 6) is -0.433. The van der Waals surface area contributed by atoms with Crippen LogP contribution in [0.15, 0.2) is 48.7 Å². The molecule has 0 atom stereocenters. The molecule has 0 saturated carbocycles. The molecule has 0 radical (unpaired) electrons. The van der Waals surface area contributed by atoms with Crippen LogP contribution in [0, 0.1) is 6.92 Å². The topological polar surface area (TPSA) is 74.0 Å². The van der Waals surface area contributed by atoms with Crippen LogP contribution in [0.2, 0.25) is 0 Å². The van der Waals surface area contributed by atoms with Crippen molar-refractivity contribution in [1.82, 2.24) is 4.57 Å². The number of nitrogens with two attached hydrogens (primary N) is 2. The number of hydrogen-bond acceptors (Lipinski definition) is 2. The number of aromatic nitrogens is 1. The fourth-order valence-electron chi connectivity index (χ4n) is 2.50. The van der Waals surface area contributed by atoms with E-state index in [-0.39, 0.29) is 0 Å². The zero-order valence-electron chi connectivity index (χ0n) is 11.1. The number of para-hydroxylation sites is 1. The summed E-state index contributed by atoms with van der Waals surface area (Å²) in [4.78, 5) is 11.6. The summed E-state index contributed by atoms with van der Waals surface area (Å²) in [5.41, 5.74) is 15.4. The molecule has 0 spiro atoms. The van der Waals surface area contributed by atoms with Crippen LogP contribution in [0.4, 0.5) is 5.69 Å². The van der Waals surface area contributed by atoms with Crippen LogP contribution in [0.25, 0.3) is 16.6 Å². The lowest BCUT2D eigenvalue weighted by Gasteiger charge is -2.12. The summed E-state index contributed by atoms with van der Waals surface area (Å²) >= 11 is 0. The van der Waals surface area contributed by atoms with Gasteiger partial charge in [-0.3, -0.25) is 4.79 Å². The van der Waals surface area contributed by atoms with Gasteiger partial charge in [0.25, 0.3) is 5.91 Å². The quantitative estimate of drug-likeness (QED) is 0.699. The smallest absolute Gasteiger partial charge is 0.250 e. The van der Waals surface area contributed by atoms with Gasteiger partial charge >= 0.3 is 0 Å². The zero-order valence-corrected chi connectivity index (χ0v) is 11.1. The second-order valence-electron chi connectivity index (χ2n) is 4.78. The van der Waals surface area contributed by atoms with Gasteiger partial charge in [0.05, 0.1) is 16.8 Å². The van der Waals surface area contributed by atoms with Crippen LogP contribution < -0.4 is 11.5 Å². The Morgan fingerprint density at radius 1 is 1.10 bits per heavy atom. The molecule has 0 fully saturated rings. The van der Waals surface area contributed by atoms with E-state index < -0.39 is 5.91 Å². The number of anilines is 1. The first-order chi connectivity index (χ1) is 9.59. The molecule has 20 heavy (non-hydrogen) atoms. The number of benzene rings is 2. The first-order valence-corrected chi connectivity index (χ1v) is 6.35. The van der Waals surface area contributed by atoms with Crippen molar-refractivity contribution in [3.8, 4) is 5.69 Å². The van der Waals surface area contributed by atoms with Gasteiger partial charge in [-0.1, -0.05) is 18.2 Å². The molecule has 0 saturated heterocycles. The number of carbonyl (C=O) groups excluding carboxylic acids is 1. The van der Waals surface area contributed by atoms with Crippen molar-refractivity contribution in [1.29, 1.82) is 0 Å². The normalized spacial score (nSPS) is 10.8. The van der Waals surface area contributed by atoms with Crippen LogP contribution >= 0.6 is 0 Å². The van der Waals surface area contributed by atoms with Crippen molar-refractivity contribution >= 4 is 22.5 Å². The number of nitrogen functional groups attached to an aromatic ring is 1. The van der Waals surface area contributed by atoms with Gasteiger partial charge in [0, 0.05) is 17.3 Å². The molecule has 3 rings (SSSR count). The van der Waals surface area contributed by atoms with E-state index in [2.05, 4.69) is 0 Å². The Bertz CT molecular complexity index is 818. The monoisotopic (exact) mass is 265 g/mol. The second-order valence-corrected chi connectivity index (χ2v) is 4.78. The van der Waals surface area contributed by atoms with E-state index in [0.717, 1.165) is 27.8 Å². The maximum atomic E-state index is 11.6. The molecule has 0 aliphatic rings. The number of hydrogen-bond donors (Lipinski definition) is 2. The number of nitrogens with zero attached hydrogens (tertiary/aromatic N) is 1. The SMILES string of the molecule is Cc1c(N)cccc1-n1ccc2cccc(C(N)=O)c21. The lowest BCUT2D eigenvalue weighted by atomic mass is 10.1. The standard InChI is InChI=1S/C16H15N3O/c1-10-13(17)6-3-7-14(10)19-9-8-11-4-2-5-12(15(11)19)16(18)20/h2-9H,17H2,1H3,(H2,18,20). The first-order valence-electron chi connectivity index (χ1n) is 6.35. The van der Waals surface area contributed by atoms with Gasteiger partial charge in [0.2, 0.25) is 0 Å². The molecule has 2 aromatic carbocycles. The van der Waals surface area contributed by atoms with Gasteiger partial charge in [-0.15, -0.1) is 0 Å². The summed E-state index contributed by atoms with van der Waals surface area (Å²) in [5, 5.41) is 0.975. The molecule has 1 heterocycles. The summed E-state index contributed by atoms with van der Waals surface area (Å²) in [6.07, 6.45) is 1.93. The van der Waals surface area contributed by atoms with Crippen molar-refractivity contribution in [2.45, 2.75) is 6.92 Å². The average Bonchev–Trinajstić information content (AvgIpc) is 2.85. The number of primary amides is 1. The van der Waals surface area contributed by atoms with Gasteiger partial charge in [-0.2, -0.15) is 0 Å². The van der Waals surface area contributed by atoms with Crippen molar-refractivity contribution in [2.24, 2.45) is 5.73 Å². The second kappa shape index (κ2) is 4.42. The van der Waals surface area contributed by atoms with E-state index in [0.29, 0.717) is 5.56 Å². The third-order valence-electron chi connectivity index (χ3n) is 3.58. The lowest BCUT2D eigenvalue weighted by molar-refractivity contribution is 0.100. The van der Waals surface area contributed by atoms with Crippen LogP contribution in [0.1, 0.15) is 15.9 Å². The molecule has 100 valence electrons. The zero-order chi connectivity index (χ0) is 14.3. The predicted molar refractivity (Wildman–Crippen MR) is 80.9 cm³/mol. The van der Waals surface area contributed by atoms with Gasteiger partial charge in [-0.05, 0) is 36.8 Å². The largest absolute Gasteiger partial charge is 0.398 e. The lowest BCUT2D eigenvalue weighted by Crippen LogP contribution is -2.13. The minimum atomic E-state index is -0.433. The minimum Gasteiger partial charge on any atom is -0.398 e. The highest BCUT2D eigenvalue weighted by atomic mass is 16.1. The summed E-state index contributed by atoms with van der Waals surface area (Å²) < 4.78 is 1.96. The van der Waals surface area contributed by atoms with E-state index in [9.17, 15) is 4.79 Å². The van der Waals surface area contributed by atoms with E-state index >= 15 is 0 Å². The Balaban J connectivity index is 2.38. The van der Waals surface area contributed by atoms with E-state index in [4.69, 9.17) is 11.5 Å². The average molecular weight is 265 g/mol. The van der Waals surface area contributed by atoms with Gasteiger partial charge in [-0.25, -0.2) is 0 Å². The molecule has 1 amide bonds. The van der Waals surface area contributed by atoms with Crippen LogP contribution in [0.3, 0.4) is 0 Å². The van der Waals surface area contributed by atoms with Crippen LogP contribution in [-0.2, 0) is 0 Å². The highest BCUT2D eigenvalue weighted by Gasteiger charge is 2.13. The van der Waals surface area contributed by atoms with Crippen molar-refractivity contribution < 1.29 is 4.79 Å². The minimum absolute atomic E-state index is 0.433. The van der Waals surface area contributed by atoms with Crippen molar-refractivity contribution in [2.75, 3.05) is 5.73 Å². The molecule has 0 aliphatic carbocycles. The van der Waals surface area contributed by atoms with Crippen LogP contribution in [0.5, 0.6) is 0 Å². The Hall–Kier alpha value is -2.75. The van der Waals surface area contributed by atoms with E-state index in [1.165, 1.54) is 0 Å². The van der Waals surface area contributed by atoms with Crippen molar-refractivity contribution in [3.63, 3.8) is 0 Å². The fourth-order valence-corrected chi connectivity index (χ4v) is 2.50. The molecular weight excluding hydrogens is 250 g/mol. The number of amides is 1. The number of fused-ring (bicyclic) bond motifs is 1. The number of rotatable bonds is 2. The Morgan fingerprint density at radius 3 is 2.60 bits per heavy atom. The molecule has 1 aromatic heterocycles. The molecule has 3 aromatic rings.